The highest BCUT2D eigenvalue weighted by Gasteiger charge is 2.30. The third kappa shape index (κ3) is 14.3. The van der Waals surface area contributed by atoms with Gasteiger partial charge in [0, 0.05) is 43.1 Å². The maximum Gasteiger partial charge on any atom is 0.379 e. The van der Waals surface area contributed by atoms with Gasteiger partial charge >= 0.3 is 26.6 Å². The van der Waals surface area contributed by atoms with Crippen LogP contribution in [0.1, 0.15) is 58.1 Å². The van der Waals surface area contributed by atoms with Gasteiger partial charge in [-0.05, 0) is 74.9 Å². The Bertz CT molecular complexity index is 3090. The first-order chi connectivity index (χ1) is 34.4. The van der Waals surface area contributed by atoms with Gasteiger partial charge < -0.3 is 19.7 Å². The Morgan fingerprint density at radius 3 is 1.57 bits per heavy atom. The van der Waals surface area contributed by atoms with Gasteiger partial charge in [0.25, 0.3) is 11.4 Å². The van der Waals surface area contributed by atoms with E-state index in [1.54, 1.807) is 0 Å². The highest BCUT2D eigenvalue weighted by molar-refractivity contribution is 7.54. The molecule has 5 aromatic carbocycles. The lowest BCUT2D eigenvalue weighted by Gasteiger charge is -2.26. The molecule has 0 bridgehead atoms. The number of nitrogens with zero attached hydrogens (tertiary/aromatic N) is 8. The number of hydrogen-bond donors (Lipinski definition) is 2. The Hall–Kier alpha value is -7.92. The van der Waals surface area contributed by atoms with Crippen LogP contribution >= 0.6 is 15.2 Å². The van der Waals surface area contributed by atoms with E-state index in [4.69, 9.17) is 27.4 Å². The minimum absolute atomic E-state index is 0.000531. The zero-order chi connectivity index (χ0) is 52.0. The zero-order valence-corrected chi connectivity index (χ0v) is 40.8. The zero-order valence-electron chi connectivity index (χ0n) is 39.0. The van der Waals surface area contributed by atoms with Crippen LogP contribution in [0.4, 0.5) is 34.1 Å². The fourth-order valence-electron chi connectivity index (χ4n) is 6.84. The molecule has 2 aromatic heterocycles. The Labute approximate surface area is 409 Å². The number of nitrogens with one attached hydrogen (secondary N) is 2. The summed E-state index contributed by atoms with van der Waals surface area (Å²) in [5.74, 6) is 0.360. The summed E-state index contributed by atoms with van der Waals surface area (Å²) in [6.45, 7) is 7.11. The highest BCUT2D eigenvalue weighted by Crippen LogP contribution is 2.50. The van der Waals surface area contributed by atoms with Crippen molar-refractivity contribution >= 4 is 71.4 Å². The number of unbranched alkanes of at least 4 members (excludes halogenated alkanes) is 3. The van der Waals surface area contributed by atoms with Crippen LogP contribution < -0.4 is 19.7 Å². The maximum atomic E-state index is 13.7. The quantitative estimate of drug-likeness (QED) is 0.0232. The van der Waals surface area contributed by atoms with E-state index >= 15 is 0 Å². The summed E-state index contributed by atoms with van der Waals surface area (Å²) < 4.78 is 58.9. The molecule has 0 aliphatic heterocycles. The molecule has 72 heavy (non-hydrogen) atoms. The van der Waals surface area contributed by atoms with Crippen molar-refractivity contribution in [2.45, 2.75) is 58.5 Å². The van der Waals surface area contributed by atoms with Crippen LogP contribution in [0.3, 0.4) is 0 Å². The van der Waals surface area contributed by atoms with E-state index in [9.17, 15) is 49.6 Å². The number of benzene rings is 5. The molecule has 0 saturated carbocycles. The first-order valence-electron chi connectivity index (χ1n) is 22.1. The third-order valence-corrected chi connectivity index (χ3v) is 13.7. The van der Waals surface area contributed by atoms with Gasteiger partial charge in [-0.3, -0.25) is 49.5 Å². The molecule has 0 aliphatic rings. The van der Waals surface area contributed by atoms with Crippen LogP contribution in [0.15, 0.2) is 112 Å². The average Bonchev–Trinajstić information content (AvgIpc) is 4.06. The van der Waals surface area contributed by atoms with Crippen molar-refractivity contribution in [2.24, 2.45) is 5.92 Å². The standard InChI is InChI=1S/C23H30N5O8P.C21H18N5O8P/c1-4-5-6-7-14-37(33,35-18-10-8-17(9-11-18)27(29)30)34-15-20(16(2)3)24-19-12-13-21(28(31)32)23-22(19)25-36-26-23;1-35(31,33-16-9-7-15(8-10-16)25(27)28)32-13-18(14-5-3-2-4-6-14)22-17-11-12-19(26(29)30)21-20(17)23-34-24-21/h8-13,16,20,24H,4-7,14-15H2,1-3H3;2-12,18,22H,13H2,1H3/t20-,37?;/m0./s1. The van der Waals surface area contributed by atoms with Crippen molar-refractivity contribution in [1.82, 2.24) is 20.6 Å². The van der Waals surface area contributed by atoms with Crippen molar-refractivity contribution in [1.29, 1.82) is 0 Å². The van der Waals surface area contributed by atoms with E-state index in [2.05, 4.69) is 38.2 Å². The van der Waals surface area contributed by atoms with Crippen molar-refractivity contribution in [3.63, 3.8) is 0 Å². The molecular weight excluding hydrogens is 986 g/mol. The molecule has 7 rings (SSSR count). The van der Waals surface area contributed by atoms with Crippen LogP contribution in [0.2, 0.25) is 0 Å². The molecule has 0 saturated heterocycles. The van der Waals surface area contributed by atoms with Gasteiger partial charge in [0.1, 0.15) is 11.5 Å². The summed E-state index contributed by atoms with van der Waals surface area (Å²) in [5, 5.41) is 65.5. The molecule has 0 spiro atoms. The van der Waals surface area contributed by atoms with Crippen LogP contribution in [0, 0.1) is 46.4 Å². The van der Waals surface area contributed by atoms with E-state index < -0.39 is 40.9 Å². The Kier molecular flexibility index (Phi) is 18.0. The summed E-state index contributed by atoms with van der Waals surface area (Å²) >= 11 is 0. The van der Waals surface area contributed by atoms with Crippen LogP contribution in [0.5, 0.6) is 11.5 Å². The lowest BCUT2D eigenvalue weighted by Crippen LogP contribution is -2.31. The van der Waals surface area contributed by atoms with Crippen LogP contribution in [-0.2, 0) is 18.2 Å². The summed E-state index contributed by atoms with van der Waals surface area (Å²) in [5.41, 5.74) is 1.25. The number of hydrogen-bond acceptors (Lipinski definition) is 22. The van der Waals surface area contributed by atoms with Crippen molar-refractivity contribution in [3.05, 3.63) is 149 Å². The Balaban J connectivity index is 0.000000236. The van der Waals surface area contributed by atoms with E-state index in [-0.39, 0.29) is 87.7 Å². The molecule has 2 N–H and O–H groups in total. The summed E-state index contributed by atoms with van der Waals surface area (Å²) in [6.07, 6.45) is 3.67. The molecule has 3 unspecified atom stereocenters. The summed E-state index contributed by atoms with van der Waals surface area (Å²) in [6, 6.07) is 24.2. The maximum absolute atomic E-state index is 13.7. The SMILES string of the molecule is CCCCCCP(=O)(OC[C@H](Nc1ccc([N+](=O)[O-])c2nonc12)C(C)C)Oc1ccc([N+](=O)[O-])cc1.CP(=O)(OCC(Nc1ccc([N+](=O)[O-])c2nonc12)c1ccccc1)Oc1ccc([N+](=O)[O-])cc1. The lowest BCUT2D eigenvalue weighted by molar-refractivity contribution is -0.385. The molecule has 380 valence electrons. The van der Waals surface area contributed by atoms with Gasteiger partial charge in [-0.1, -0.05) is 70.4 Å². The number of rotatable bonds is 25. The second-order valence-corrected chi connectivity index (χ2v) is 20.3. The molecule has 26 nitrogen and oxygen atoms in total. The van der Waals surface area contributed by atoms with Crippen molar-refractivity contribution < 1.29 is 56.2 Å². The van der Waals surface area contributed by atoms with Gasteiger partial charge in [0.05, 0.1) is 62.5 Å². The molecule has 0 radical (unpaired) electrons. The number of nitro benzene ring substituents is 4. The number of non-ortho nitro benzene ring substituents is 4. The average molecular weight is 1030 g/mol. The number of nitro groups is 4. The van der Waals surface area contributed by atoms with Gasteiger partial charge in [0.15, 0.2) is 11.0 Å². The highest BCUT2D eigenvalue weighted by atomic mass is 31.2. The number of anilines is 2. The number of fused-ring (bicyclic) bond motifs is 2. The van der Waals surface area contributed by atoms with E-state index in [0.717, 1.165) is 24.8 Å². The Morgan fingerprint density at radius 1 is 0.583 bits per heavy atom. The van der Waals surface area contributed by atoms with Gasteiger partial charge in [-0.2, -0.15) is 0 Å². The summed E-state index contributed by atoms with van der Waals surface area (Å²) in [7, 11) is -7.26. The second-order valence-electron chi connectivity index (χ2n) is 16.2. The molecule has 4 atom stereocenters. The minimum atomic E-state index is -3.64. The summed E-state index contributed by atoms with van der Waals surface area (Å²) in [4.78, 5) is 42.0. The molecule has 28 heteroatoms. The largest absolute Gasteiger partial charge is 0.425 e. The number of aromatic nitrogens is 4. The Morgan fingerprint density at radius 2 is 1.08 bits per heavy atom. The third-order valence-electron chi connectivity index (χ3n) is 10.7. The van der Waals surface area contributed by atoms with Gasteiger partial charge in [-0.25, -0.2) is 18.4 Å². The van der Waals surface area contributed by atoms with E-state index in [0.29, 0.717) is 17.8 Å². The van der Waals surface area contributed by atoms with Crippen molar-refractivity contribution in [2.75, 3.05) is 36.7 Å². The molecule has 0 amide bonds. The first-order valence-corrected chi connectivity index (χ1v) is 25.8. The van der Waals surface area contributed by atoms with Gasteiger partial charge in [0.2, 0.25) is 11.0 Å². The molecular formula is C44H48N10O16P2. The monoisotopic (exact) mass is 1030 g/mol. The predicted molar refractivity (Wildman–Crippen MR) is 261 cm³/mol. The molecule has 7 aromatic rings. The molecule has 0 fully saturated rings. The fourth-order valence-corrected chi connectivity index (χ4v) is 9.53. The first kappa shape index (κ1) is 53.4. The second kappa shape index (κ2) is 24.3. The van der Waals surface area contributed by atoms with E-state index in [1.807, 2.05) is 44.2 Å². The molecule has 2 heterocycles. The fraction of sp³-hybridized carbons (Fsp3) is 0.318. The minimum Gasteiger partial charge on any atom is -0.425 e. The van der Waals surface area contributed by atoms with Crippen molar-refractivity contribution in [3.8, 4) is 11.5 Å². The predicted octanol–water partition coefficient (Wildman–Crippen LogP) is 11.5. The topological polar surface area (TPSA) is 346 Å². The van der Waals surface area contributed by atoms with E-state index in [1.165, 1.54) is 79.5 Å². The lowest BCUT2D eigenvalue weighted by atomic mass is 10.0. The smallest absolute Gasteiger partial charge is 0.379 e. The van der Waals surface area contributed by atoms with Gasteiger partial charge in [-0.15, -0.1) is 0 Å². The van der Waals surface area contributed by atoms with Crippen LogP contribution in [-0.4, -0.2) is 72.4 Å². The van der Waals surface area contributed by atoms with Crippen LogP contribution in [0.25, 0.3) is 22.1 Å². The normalized spacial score (nSPS) is 13.7. The molecule has 0 aliphatic carbocycles.